The first kappa shape index (κ1) is 22.3. The topological polar surface area (TPSA) is 105 Å². The zero-order chi connectivity index (χ0) is 21.6. The van der Waals surface area contributed by atoms with Gasteiger partial charge in [-0.3, -0.25) is 24.0 Å². The molecule has 0 bridgehead atoms. The number of amides is 1. The van der Waals surface area contributed by atoms with Crippen molar-refractivity contribution in [3.8, 4) is 0 Å². The van der Waals surface area contributed by atoms with Crippen LogP contribution in [-0.2, 0) is 32.6 Å². The van der Waals surface area contributed by atoms with Crippen LogP contribution in [0.15, 0.2) is 12.3 Å². The van der Waals surface area contributed by atoms with Crippen molar-refractivity contribution in [1.29, 1.82) is 0 Å². The Morgan fingerprint density at radius 3 is 2.57 bits per heavy atom. The fraction of sp³-hybridized carbons (Fsp3) is 0.714. The van der Waals surface area contributed by atoms with Gasteiger partial charge in [-0.15, -0.1) is 0 Å². The van der Waals surface area contributed by atoms with Gasteiger partial charge in [0.15, 0.2) is 0 Å². The minimum atomic E-state index is -0.358. The molecule has 1 N–H and O–H groups in total. The highest BCUT2D eigenvalue weighted by Crippen LogP contribution is 2.43. The van der Waals surface area contributed by atoms with Gasteiger partial charge in [0.1, 0.15) is 6.10 Å². The number of cyclic esters (lactones) is 1. The van der Waals surface area contributed by atoms with Gasteiger partial charge in [0.25, 0.3) is 6.47 Å². The Morgan fingerprint density at radius 1 is 1.30 bits per heavy atom. The summed E-state index contributed by atoms with van der Waals surface area (Å²) in [6.07, 6.45) is 7.78. The molecule has 9 heteroatoms. The Bertz CT molecular complexity index is 736. The van der Waals surface area contributed by atoms with Gasteiger partial charge in [0.05, 0.1) is 5.41 Å². The SMILES string of the molecule is Cn1nccc1CCC(=O)N1CCC2(CC1)CC(CN1CCCC1)OC2=O.O=CO. The summed E-state index contributed by atoms with van der Waals surface area (Å²) in [4.78, 5) is 37.8. The maximum Gasteiger partial charge on any atom is 0.312 e. The number of likely N-dealkylation sites (tertiary alicyclic amines) is 2. The number of ether oxygens (including phenoxy) is 1. The highest BCUT2D eigenvalue weighted by molar-refractivity contribution is 5.80. The van der Waals surface area contributed by atoms with Gasteiger partial charge in [0, 0.05) is 51.4 Å². The van der Waals surface area contributed by atoms with Crippen LogP contribution in [0.3, 0.4) is 0 Å². The van der Waals surface area contributed by atoms with Crippen molar-refractivity contribution in [1.82, 2.24) is 19.6 Å². The average Bonchev–Trinajstić information content (AvgIpc) is 3.44. The molecule has 1 atom stereocenters. The molecule has 166 valence electrons. The standard InChI is InChI=1S/C20H30N4O3.CH2O2/c1-22-16(6-9-21-22)4-5-18(25)24-12-7-20(8-13-24)14-17(27-19(20)26)15-23-10-2-3-11-23;2-1-3/h6,9,17H,2-5,7-8,10-15H2,1H3;1H,(H,2,3). The summed E-state index contributed by atoms with van der Waals surface area (Å²) in [6.45, 7) is 4.20. The second-order valence-corrected chi connectivity index (χ2v) is 8.45. The van der Waals surface area contributed by atoms with E-state index in [0.717, 1.165) is 44.6 Å². The van der Waals surface area contributed by atoms with Crippen molar-refractivity contribution in [3.05, 3.63) is 18.0 Å². The normalized spacial score (nSPS) is 23.2. The van der Waals surface area contributed by atoms with Gasteiger partial charge in [-0.05, 0) is 51.3 Å². The zero-order valence-electron chi connectivity index (χ0n) is 17.7. The first-order valence-electron chi connectivity index (χ1n) is 10.7. The van der Waals surface area contributed by atoms with Crippen molar-refractivity contribution in [3.63, 3.8) is 0 Å². The Balaban J connectivity index is 0.000000806. The molecule has 1 spiro atoms. The molecule has 3 aliphatic rings. The Kier molecular flexibility index (Phi) is 7.47. The molecular weight excluding hydrogens is 388 g/mol. The van der Waals surface area contributed by atoms with Crippen molar-refractivity contribution in [2.75, 3.05) is 32.7 Å². The number of aromatic nitrogens is 2. The lowest BCUT2D eigenvalue weighted by Gasteiger charge is -2.36. The summed E-state index contributed by atoms with van der Waals surface area (Å²) < 4.78 is 7.54. The minimum absolute atomic E-state index is 0.0303. The first-order chi connectivity index (χ1) is 14.5. The third-order valence-electron chi connectivity index (χ3n) is 6.58. The van der Waals surface area contributed by atoms with Gasteiger partial charge in [-0.25, -0.2) is 0 Å². The van der Waals surface area contributed by atoms with E-state index in [2.05, 4.69) is 10.00 Å². The lowest BCUT2D eigenvalue weighted by atomic mass is 9.76. The van der Waals surface area contributed by atoms with Crippen molar-refractivity contribution < 1.29 is 24.2 Å². The maximum atomic E-state index is 12.6. The molecule has 9 nitrogen and oxygen atoms in total. The molecular formula is C21H32N4O5. The second-order valence-electron chi connectivity index (χ2n) is 8.45. The number of nitrogens with zero attached hydrogens (tertiary/aromatic N) is 4. The second kappa shape index (κ2) is 10.1. The summed E-state index contributed by atoms with van der Waals surface area (Å²) in [5.74, 6) is 0.139. The summed E-state index contributed by atoms with van der Waals surface area (Å²) in [6, 6.07) is 1.95. The average molecular weight is 421 g/mol. The van der Waals surface area contributed by atoms with Crippen molar-refractivity contribution in [2.45, 2.75) is 51.0 Å². The van der Waals surface area contributed by atoms with Gasteiger partial charge < -0.3 is 14.7 Å². The third-order valence-corrected chi connectivity index (χ3v) is 6.58. The van der Waals surface area contributed by atoms with E-state index in [1.807, 2.05) is 22.7 Å². The smallest absolute Gasteiger partial charge is 0.312 e. The molecule has 1 aromatic rings. The zero-order valence-corrected chi connectivity index (χ0v) is 17.7. The quantitative estimate of drug-likeness (QED) is 0.561. The van der Waals surface area contributed by atoms with E-state index >= 15 is 0 Å². The number of rotatable bonds is 5. The number of carboxylic acid groups (broad SMARTS) is 1. The van der Waals surface area contributed by atoms with Crippen LogP contribution in [0.2, 0.25) is 0 Å². The summed E-state index contributed by atoms with van der Waals surface area (Å²) in [5, 5.41) is 11.0. The molecule has 3 saturated heterocycles. The van der Waals surface area contributed by atoms with Gasteiger partial charge in [-0.2, -0.15) is 5.10 Å². The predicted octanol–water partition coefficient (Wildman–Crippen LogP) is 1.07. The number of carbonyl (C=O) groups excluding carboxylic acids is 2. The van der Waals surface area contributed by atoms with E-state index in [0.29, 0.717) is 25.9 Å². The number of aryl methyl sites for hydroxylation is 2. The predicted molar refractivity (Wildman–Crippen MR) is 109 cm³/mol. The van der Waals surface area contributed by atoms with Crippen molar-refractivity contribution >= 4 is 18.3 Å². The summed E-state index contributed by atoms with van der Waals surface area (Å²) >= 11 is 0. The molecule has 0 aromatic carbocycles. The first-order valence-corrected chi connectivity index (χ1v) is 10.7. The van der Waals surface area contributed by atoms with Crippen LogP contribution in [0.1, 0.15) is 44.2 Å². The van der Waals surface area contributed by atoms with E-state index in [4.69, 9.17) is 14.6 Å². The molecule has 1 amide bonds. The van der Waals surface area contributed by atoms with Crippen LogP contribution in [-0.4, -0.2) is 81.9 Å². The molecule has 1 aromatic heterocycles. The van der Waals surface area contributed by atoms with E-state index in [1.165, 1.54) is 12.8 Å². The van der Waals surface area contributed by atoms with Crippen LogP contribution < -0.4 is 0 Å². The van der Waals surface area contributed by atoms with Crippen LogP contribution in [0.4, 0.5) is 0 Å². The number of esters is 1. The molecule has 30 heavy (non-hydrogen) atoms. The van der Waals surface area contributed by atoms with Gasteiger partial charge in [-0.1, -0.05) is 0 Å². The van der Waals surface area contributed by atoms with E-state index in [1.54, 1.807) is 6.20 Å². The fourth-order valence-corrected chi connectivity index (χ4v) is 4.82. The highest BCUT2D eigenvalue weighted by Gasteiger charge is 2.51. The molecule has 0 aliphatic carbocycles. The Hall–Kier alpha value is -2.42. The summed E-state index contributed by atoms with van der Waals surface area (Å²) in [5.41, 5.74) is 0.712. The maximum absolute atomic E-state index is 12.6. The molecule has 3 fully saturated rings. The van der Waals surface area contributed by atoms with Crippen LogP contribution in [0, 0.1) is 5.41 Å². The van der Waals surface area contributed by atoms with E-state index in [9.17, 15) is 9.59 Å². The Labute approximate surface area is 177 Å². The molecule has 0 radical (unpaired) electrons. The van der Waals surface area contributed by atoms with Crippen molar-refractivity contribution in [2.24, 2.45) is 12.5 Å². The van der Waals surface area contributed by atoms with Crippen LogP contribution in [0.5, 0.6) is 0 Å². The molecule has 0 saturated carbocycles. The summed E-state index contributed by atoms with van der Waals surface area (Å²) in [7, 11) is 1.90. The minimum Gasteiger partial charge on any atom is -0.483 e. The number of hydrogen-bond donors (Lipinski definition) is 1. The number of carbonyl (C=O) groups is 3. The van der Waals surface area contributed by atoms with Crippen LogP contribution >= 0.6 is 0 Å². The largest absolute Gasteiger partial charge is 0.483 e. The number of hydrogen-bond acceptors (Lipinski definition) is 6. The fourth-order valence-electron chi connectivity index (χ4n) is 4.82. The van der Waals surface area contributed by atoms with Crippen LogP contribution in [0.25, 0.3) is 0 Å². The van der Waals surface area contributed by atoms with Gasteiger partial charge in [0.2, 0.25) is 5.91 Å². The lowest BCUT2D eigenvalue weighted by molar-refractivity contribution is -0.152. The molecule has 4 rings (SSSR count). The molecule has 3 aliphatic heterocycles. The van der Waals surface area contributed by atoms with Gasteiger partial charge >= 0.3 is 5.97 Å². The Morgan fingerprint density at radius 2 is 1.97 bits per heavy atom. The van der Waals surface area contributed by atoms with E-state index < -0.39 is 0 Å². The monoisotopic (exact) mass is 420 g/mol. The lowest BCUT2D eigenvalue weighted by Crippen LogP contribution is -2.45. The molecule has 1 unspecified atom stereocenters. The molecule has 4 heterocycles. The number of piperidine rings is 1. The highest BCUT2D eigenvalue weighted by atomic mass is 16.6. The van der Waals surface area contributed by atoms with E-state index in [-0.39, 0.29) is 29.9 Å². The third kappa shape index (κ3) is 5.19.